The second-order valence-corrected chi connectivity index (χ2v) is 6.05. The van der Waals surface area contributed by atoms with E-state index in [1.54, 1.807) is 0 Å². The van der Waals surface area contributed by atoms with Gasteiger partial charge in [0.1, 0.15) is 0 Å². The van der Waals surface area contributed by atoms with Gasteiger partial charge in [0.25, 0.3) is 0 Å². The highest BCUT2D eigenvalue weighted by molar-refractivity contribution is 5.76. The Kier molecular flexibility index (Phi) is 5.55. The molecule has 3 heteroatoms. The molecule has 0 fully saturated rings. The number of rotatable bonds is 6. The molecule has 0 heterocycles. The zero-order valence-corrected chi connectivity index (χ0v) is 12.5. The van der Waals surface area contributed by atoms with Crippen LogP contribution in [0.2, 0.25) is 0 Å². The molecule has 1 rings (SSSR count). The number of carbonyl (C=O) groups is 1. The van der Waals surface area contributed by atoms with E-state index in [0.29, 0.717) is 6.42 Å². The summed E-state index contributed by atoms with van der Waals surface area (Å²) < 4.78 is 0. The van der Waals surface area contributed by atoms with Crippen molar-refractivity contribution in [3.05, 3.63) is 35.4 Å². The number of hydrogen-bond acceptors (Lipinski definition) is 2. The van der Waals surface area contributed by atoms with E-state index in [1.807, 2.05) is 19.1 Å². The summed E-state index contributed by atoms with van der Waals surface area (Å²) in [6.07, 6.45) is 2.06. The van der Waals surface area contributed by atoms with Gasteiger partial charge in [-0.2, -0.15) is 0 Å². The Morgan fingerprint density at radius 1 is 1.37 bits per heavy atom. The van der Waals surface area contributed by atoms with Gasteiger partial charge in [0.15, 0.2) is 0 Å². The van der Waals surface area contributed by atoms with Crippen molar-refractivity contribution in [2.45, 2.75) is 58.5 Å². The molecule has 106 valence electrons. The molecule has 3 nitrogen and oxygen atoms in total. The minimum Gasteiger partial charge on any atom is -0.351 e. The van der Waals surface area contributed by atoms with Crippen molar-refractivity contribution < 1.29 is 4.79 Å². The third-order valence-corrected chi connectivity index (χ3v) is 3.20. The third-order valence-electron chi connectivity index (χ3n) is 3.20. The molecule has 0 aromatic heterocycles. The van der Waals surface area contributed by atoms with E-state index in [2.05, 4.69) is 38.2 Å². The summed E-state index contributed by atoms with van der Waals surface area (Å²) in [7, 11) is 0. The van der Waals surface area contributed by atoms with Gasteiger partial charge in [0, 0.05) is 18.0 Å². The molecule has 0 spiro atoms. The highest BCUT2D eigenvalue weighted by atomic mass is 16.1. The van der Waals surface area contributed by atoms with Crippen LogP contribution in [0, 0.1) is 6.92 Å². The first kappa shape index (κ1) is 15.7. The Bertz CT molecular complexity index is 425. The first-order valence-electron chi connectivity index (χ1n) is 6.91. The van der Waals surface area contributed by atoms with Gasteiger partial charge in [-0.15, -0.1) is 0 Å². The zero-order chi connectivity index (χ0) is 14.5. The van der Waals surface area contributed by atoms with E-state index in [4.69, 9.17) is 5.73 Å². The minimum absolute atomic E-state index is 0.0743. The smallest absolute Gasteiger partial charge is 0.220 e. The van der Waals surface area contributed by atoms with Crippen molar-refractivity contribution in [3.63, 3.8) is 0 Å². The lowest BCUT2D eigenvalue weighted by molar-refractivity contribution is -0.122. The molecule has 0 saturated carbocycles. The molecule has 1 unspecified atom stereocenters. The Balaban J connectivity index is 2.56. The summed E-state index contributed by atoms with van der Waals surface area (Å²) in [6.45, 7) is 8.14. The maximum atomic E-state index is 11.9. The molecule has 1 atom stereocenters. The van der Waals surface area contributed by atoms with Gasteiger partial charge in [-0.3, -0.25) is 4.79 Å². The standard InChI is InChI=1S/C16H26N2O/c1-12-7-5-6-8-14(12)11-16(3,4)18-15(19)10-9-13(2)17/h5-8,13H,9-11,17H2,1-4H3,(H,18,19). The fourth-order valence-corrected chi connectivity index (χ4v) is 2.13. The average molecular weight is 262 g/mol. The lowest BCUT2D eigenvalue weighted by Crippen LogP contribution is -2.45. The van der Waals surface area contributed by atoms with Crippen LogP contribution in [0.4, 0.5) is 0 Å². The van der Waals surface area contributed by atoms with E-state index in [0.717, 1.165) is 12.8 Å². The van der Waals surface area contributed by atoms with Crippen molar-refractivity contribution in [1.82, 2.24) is 5.32 Å². The number of hydrogen-bond donors (Lipinski definition) is 2. The van der Waals surface area contributed by atoms with Gasteiger partial charge in [-0.05, 0) is 51.7 Å². The molecular weight excluding hydrogens is 236 g/mol. The van der Waals surface area contributed by atoms with Crippen LogP contribution in [-0.2, 0) is 11.2 Å². The highest BCUT2D eigenvalue weighted by Crippen LogP contribution is 2.16. The largest absolute Gasteiger partial charge is 0.351 e. The fourth-order valence-electron chi connectivity index (χ4n) is 2.13. The van der Waals surface area contributed by atoms with E-state index >= 15 is 0 Å². The van der Waals surface area contributed by atoms with Crippen LogP contribution in [0.3, 0.4) is 0 Å². The molecular formula is C16H26N2O. The molecule has 0 saturated heterocycles. The fraction of sp³-hybridized carbons (Fsp3) is 0.562. The molecule has 1 amide bonds. The van der Waals surface area contributed by atoms with Crippen LogP contribution >= 0.6 is 0 Å². The van der Waals surface area contributed by atoms with Crippen LogP contribution in [-0.4, -0.2) is 17.5 Å². The van der Waals surface area contributed by atoms with Gasteiger partial charge in [-0.25, -0.2) is 0 Å². The van der Waals surface area contributed by atoms with Crippen molar-refractivity contribution in [3.8, 4) is 0 Å². The minimum atomic E-state index is -0.235. The SMILES string of the molecule is Cc1ccccc1CC(C)(C)NC(=O)CCC(C)N. The van der Waals surface area contributed by atoms with E-state index in [1.165, 1.54) is 11.1 Å². The van der Waals surface area contributed by atoms with Crippen molar-refractivity contribution >= 4 is 5.91 Å². The third kappa shape index (κ3) is 5.88. The maximum absolute atomic E-state index is 11.9. The average Bonchev–Trinajstić information content (AvgIpc) is 2.28. The van der Waals surface area contributed by atoms with Crippen molar-refractivity contribution in [2.24, 2.45) is 5.73 Å². The Morgan fingerprint density at radius 3 is 2.58 bits per heavy atom. The topological polar surface area (TPSA) is 55.1 Å². The summed E-state index contributed by atoms with van der Waals surface area (Å²) in [4.78, 5) is 11.9. The summed E-state index contributed by atoms with van der Waals surface area (Å²) in [5, 5.41) is 3.09. The normalized spacial score (nSPS) is 13.1. The molecule has 0 bridgehead atoms. The lowest BCUT2D eigenvalue weighted by atomic mass is 9.92. The molecule has 0 aliphatic rings. The first-order chi connectivity index (χ1) is 8.80. The summed E-state index contributed by atoms with van der Waals surface area (Å²) in [5.74, 6) is 0.0795. The van der Waals surface area contributed by atoms with Crippen LogP contribution in [0.25, 0.3) is 0 Å². The highest BCUT2D eigenvalue weighted by Gasteiger charge is 2.21. The molecule has 3 N–H and O–H groups in total. The lowest BCUT2D eigenvalue weighted by Gasteiger charge is -2.27. The zero-order valence-electron chi connectivity index (χ0n) is 12.5. The molecule has 19 heavy (non-hydrogen) atoms. The van der Waals surface area contributed by atoms with Gasteiger partial charge in [0.05, 0.1) is 0 Å². The maximum Gasteiger partial charge on any atom is 0.220 e. The Morgan fingerprint density at radius 2 is 2.00 bits per heavy atom. The number of nitrogens with two attached hydrogens (primary N) is 1. The molecule has 0 radical (unpaired) electrons. The van der Waals surface area contributed by atoms with E-state index in [9.17, 15) is 4.79 Å². The van der Waals surface area contributed by atoms with Gasteiger partial charge in [0.2, 0.25) is 5.91 Å². The van der Waals surface area contributed by atoms with Crippen molar-refractivity contribution in [1.29, 1.82) is 0 Å². The number of aryl methyl sites for hydroxylation is 1. The van der Waals surface area contributed by atoms with Gasteiger partial charge in [-0.1, -0.05) is 24.3 Å². The van der Waals surface area contributed by atoms with E-state index in [-0.39, 0.29) is 17.5 Å². The van der Waals surface area contributed by atoms with Gasteiger partial charge < -0.3 is 11.1 Å². The predicted octanol–water partition coefficient (Wildman–Crippen LogP) is 2.56. The van der Waals surface area contributed by atoms with Crippen LogP contribution in [0.5, 0.6) is 0 Å². The van der Waals surface area contributed by atoms with Crippen molar-refractivity contribution in [2.75, 3.05) is 0 Å². The van der Waals surface area contributed by atoms with Crippen LogP contribution in [0.1, 0.15) is 44.7 Å². The summed E-state index contributed by atoms with van der Waals surface area (Å²) in [5.41, 5.74) is 7.97. The van der Waals surface area contributed by atoms with Gasteiger partial charge >= 0.3 is 0 Å². The summed E-state index contributed by atoms with van der Waals surface area (Å²) >= 11 is 0. The quantitative estimate of drug-likeness (QED) is 0.828. The van der Waals surface area contributed by atoms with E-state index < -0.39 is 0 Å². The monoisotopic (exact) mass is 262 g/mol. The van der Waals surface area contributed by atoms with Crippen LogP contribution in [0.15, 0.2) is 24.3 Å². The molecule has 0 aliphatic carbocycles. The van der Waals surface area contributed by atoms with Crippen LogP contribution < -0.4 is 11.1 Å². The Labute approximate surface area is 116 Å². The number of carbonyl (C=O) groups excluding carboxylic acids is 1. The second kappa shape index (κ2) is 6.71. The second-order valence-electron chi connectivity index (χ2n) is 6.05. The molecule has 0 aliphatic heterocycles. The number of amides is 1. The molecule has 1 aromatic carbocycles. The summed E-state index contributed by atoms with van der Waals surface area (Å²) in [6, 6.07) is 8.36. The predicted molar refractivity (Wildman–Crippen MR) is 80.0 cm³/mol. The number of benzene rings is 1. The Hall–Kier alpha value is -1.35. The molecule has 1 aromatic rings. The first-order valence-corrected chi connectivity index (χ1v) is 6.91. The number of nitrogens with one attached hydrogen (secondary N) is 1.